The molecule has 0 radical (unpaired) electrons. The Hall–Kier alpha value is -3.61. The molecule has 0 spiro atoms. The van der Waals surface area contributed by atoms with Gasteiger partial charge < -0.3 is 19.4 Å². The van der Waals surface area contributed by atoms with Crippen LogP contribution in [-0.2, 0) is 27.4 Å². The third kappa shape index (κ3) is 5.35. The number of amides is 1. The Bertz CT molecular complexity index is 1200. The second-order valence-corrected chi connectivity index (χ2v) is 7.67. The first-order valence-electron chi connectivity index (χ1n) is 10.6. The second-order valence-electron chi connectivity index (χ2n) is 7.67. The maximum absolute atomic E-state index is 12.9. The van der Waals surface area contributed by atoms with E-state index in [4.69, 9.17) is 9.47 Å². The highest BCUT2D eigenvalue weighted by molar-refractivity contribution is 5.88. The number of aryl methyl sites for hydroxylation is 2. The summed E-state index contributed by atoms with van der Waals surface area (Å²) in [7, 11) is 0. The standard InChI is InChI=1S/C25H28N2O5/c1-5-31-25(30)18(4)32-22-8-6-7-21-20(22)11-12-27(24(21)29)15-23(28)26-14-19-10-9-16(2)17(3)13-19/h6-13,18H,5,14-15H2,1-4H3,(H,26,28). The smallest absolute Gasteiger partial charge is 0.347 e. The van der Waals surface area contributed by atoms with Gasteiger partial charge in [-0.3, -0.25) is 9.59 Å². The molecule has 1 N–H and O–H groups in total. The maximum Gasteiger partial charge on any atom is 0.347 e. The minimum absolute atomic E-state index is 0.0933. The van der Waals surface area contributed by atoms with Crippen LogP contribution in [0.15, 0.2) is 53.5 Å². The molecule has 1 amide bonds. The molecule has 1 heterocycles. The van der Waals surface area contributed by atoms with Crippen molar-refractivity contribution in [2.45, 2.75) is 46.9 Å². The molecule has 1 aromatic heterocycles. The zero-order chi connectivity index (χ0) is 23.3. The van der Waals surface area contributed by atoms with Gasteiger partial charge >= 0.3 is 5.97 Å². The quantitative estimate of drug-likeness (QED) is 0.548. The van der Waals surface area contributed by atoms with E-state index in [0.29, 0.717) is 23.1 Å². The topological polar surface area (TPSA) is 86.6 Å². The van der Waals surface area contributed by atoms with Gasteiger partial charge in [-0.05, 0) is 62.6 Å². The van der Waals surface area contributed by atoms with Gasteiger partial charge in [0.05, 0.1) is 12.0 Å². The number of hydrogen-bond donors (Lipinski definition) is 1. The number of esters is 1. The molecule has 2 aromatic carbocycles. The Morgan fingerprint density at radius 3 is 2.56 bits per heavy atom. The first-order chi connectivity index (χ1) is 15.3. The van der Waals surface area contributed by atoms with Crippen LogP contribution in [0, 0.1) is 13.8 Å². The van der Waals surface area contributed by atoms with Crippen LogP contribution in [0.25, 0.3) is 10.8 Å². The molecular formula is C25H28N2O5. The van der Waals surface area contributed by atoms with Crippen LogP contribution in [0.1, 0.15) is 30.5 Å². The Morgan fingerprint density at radius 2 is 1.84 bits per heavy atom. The zero-order valence-corrected chi connectivity index (χ0v) is 18.8. The average Bonchev–Trinajstić information content (AvgIpc) is 2.77. The Labute approximate surface area is 187 Å². The summed E-state index contributed by atoms with van der Waals surface area (Å²) in [5, 5.41) is 3.83. The lowest BCUT2D eigenvalue weighted by Crippen LogP contribution is -2.32. The van der Waals surface area contributed by atoms with Crippen LogP contribution in [0.3, 0.4) is 0 Å². The molecule has 32 heavy (non-hydrogen) atoms. The van der Waals surface area contributed by atoms with Crippen LogP contribution >= 0.6 is 0 Å². The van der Waals surface area contributed by atoms with Crippen LogP contribution in [0.5, 0.6) is 5.75 Å². The molecule has 0 aliphatic heterocycles. The number of rotatable bonds is 8. The van der Waals surface area contributed by atoms with Crippen molar-refractivity contribution in [2.24, 2.45) is 0 Å². The van der Waals surface area contributed by atoms with E-state index in [2.05, 4.69) is 5.32 Å². The third-order valence-corrected chi connectivity index (χ3v) is 5.28. The van der Waals surface area contributed by atoms with Crippen LogP contribution in [-0.4, -0.2) is 29.2 Å². The van der Waals surface area contributed by atoms with Crippen molar-refractivity contribution in [3.63, 3.8) is 0 Å². The molecule has 1 unspecified atom stereocenters. The highest BCUT2D eigenvalue weighted by Crippen LogP contribution is 2.24. The van der Waals surface area contributed by atoms with E-state index >= 15 is 0 Å². The molecule has 0 saturated carbocycles. The number of fused-ring (bicyclic) bond motifs is 1. The molecule has 7 nitrogen and oxygen atoms in total. The molecule has 0 saturated heterocycles. The van der Waals surface area contributed by atoms with Crippen molar-refractivity contribution in [2.75, 3.05) is 6.61 Å². The van der Waals surface area contributed by atoms with Gasteiger partial charge in [-0.2, -0.15) is 0 Å². The molecule has 0 fully saturated rings. The van der Waals surface area contributed by atoms with Crippen LogP contribution in [0.4, 0.5) is 0 Å². The van der Waals surface area contributed by atoms with Gasteiger partial charge in [-0.15, -0.1) is 0 Å². The minimum Gasteiger partial charge on any atom is -0.478 e. The predicted molar refractivity (Wildman–Crippen MR) is 123 cm³/mol. The highest BCUT2D eigenvalue weighted by atomic mass is 16.6. The van der Waals surface area contributed by atoms with Crippen LogP contribution < -0.4 is 15.6 Å². The van der Waals surface area contributed by atoms with E-state index in [1.54, 1.807) is 44.3 Å². The van der Waals surface area contributed by atoms with E-state index in [1.807, 2.05) is 32.0 Å². The number of pyridine rings is 1. The second kappa shape index (κ2) is 10.1. The number of ether oxygens (including phenoxy) is 2. The molecule has 3 rings (SSSR count). The Morgan fingerprint density at radius 1 is 1.06 bits per heavy atom. The number of nitrogens with one attached hydrogen (secondary N) is 1. The average molecular weight is 437 g/mol. The summed E-state index contributed by atoms with van der Waals surface area (Å²) >= 11 is 0. The fourth-order valence-corrected chi connectivity index (χ4v) is 3.34. The molecule has 0 bridgehead atoms. The van der Waals surface area contributed by atoms with E-state index in [9.17, 15) is 14.4 Å². The van der Waals surface area contributed by atoms with Gasteiger partial charge in [-0.25, -0.2) is 4.79 Å². The van der Waals surface area contributed by atoms with Crippen molar-refractivity contribution in [3.8, 4) is 5.75 Å². The first kappa shape index (κ1) is 23.1. The fraction of sp³-hybridized carbons (Fsp3) is 0.320. The van der Waals surface area contributed by atoms with Gasteiger partial charge in [0.25, 0.3) is 5.56 Å². The molecule has 0 aliphatic carbocycles. The maximum atomic E-state index is 12.9. The summed E-state index contributed by atoms with van der Waals surface area (Å²) < 4.78 is 12.0. The Balaban J connectivity index is 1.73. The molecular weight excluding hydrogens is 408 g/mol. The van der Waals surface area contributed by atoms with Gasteiger partial charge in [-0.1, -0.05) is 24.3 Å². The third-order valence-electron chi connectivity index (χ3n) is 5.28. The summed E-state index contributed by atoms with van der Waals surface area (Å²) in [6.07, 6.45) is 0.751. The fourth-order valence-electron chi connectivity index (χ4n) is 3.34. The number of aromatic nitrogens is 1. The lowest BCUT2D eigenvalue weighted by molar-refractivity contribution is -0.150. The van der Waals surface area contributed by atoms with Crippen molar-refractivity contribution < 1.29 is 19.1 Å². The minimum atomic E-state index is -0.806. The lowest BCUT2D eigenvalue weighted by Gasteiger charge is -2.15. The largest absolute Gasteiger partial charge is 0.478 e. The zero-order valence-electron chi connectivity index (χ0n) is 18.8. The van der Waals surface area contributed by atoms with Gasteiger partial charge in [0.2, 0.25) is 5.91 Å². The number of carbonyl (C=O) groups is 2. The molecule has 3 aromatic rings. The lowest BCUT2D eigenvalue weighted by atomic mass is 10.1. The molecule has 1 atom stereocenters. The number of carbonyl (C=O) groups excluding carboxylic acids is 2. The van der Waals surface area contributed by atoms with Crippen molar-refractivity contribution >= 4 is 22.6 Å². The van der Waals surface area contributed by atoms with E-state index in [1.165, 1.54) is 10.1 Å². The normalized spacial score (nSPS) is 11.8. The first-order valence-corrected chi connectivity index (χ1v) is 10.6. The monoisotopic (exact) mass is 436 g/mol. The van der Waals surface area contributed by atoms with Gasteiger partial charge in [0.15, 0.2) is 6.10 Å². The van der Waals surface area contributed by atoms with Crippen molar-refractivity contribution in [3.05, 3.63) is 75.7 Å². The summed E-state index contributed by atoms with van der Waals surface area (Å²) in [5.74, 6) is -0.321. The van der Waals surface area contributed by atoms with E-state index in [0.717, 1.165) is 11.1 Å². The number of hydrogen-bond acceptors (Lipinski definition) is 5. The van der Waals surface area contributed by atoms with Crippen molar-refractivity contribution in [1.82, 2.24) is 9.88 Å². The molecule has 0 aliphatic rings. The summed E-state index contributed by atoms with van der Waals surface area (Å²) in [4.78, 5) is 37.2. The highest BCUT2D eigenvalue weighted by Gasteiger charge is 2.18. The van der Waals surface area contributed by atoms with Gasteiger partial charge in [0, 0.05) is 18.1 Å². The van der Waals surface area contributed by atoms with Crippen LogP contribution in [0.2, 0.25) is 0 Å². The molecule has 168 valence electrons. The summed E-state index contributed by atoms with van der Waals surface area (Å²) in [5.41, 5.74) is 3.06. The van der Waals surface area contributed by atoms with Gasteiger partial charge in [0.1, 0.15) is 12.3 Å². The number of nitrogens with zero attached hydrogens (tertiary/aromatic N) is 1. The van der Waals surface area contributed by atoms with E-state index in [-0.39, 0.29) is 24.6 Å². The summed E-state index contributed by atoms with van der Waals surface area (Å²) in [6.45, 7) is 7.95. The SMILES string of the molecule is CCOC(=O)C(C)Oc1cccc2c(=O)n(CC(=O)NCc3ccc(C)c(C)c3)ccc12. The van der Waals surface area contributed by atoms with Crippen molar-refractivity contribution in [1.29, 1.82) is 0 Å². The number of benzene rings is 2. The summed E-state index contributed by atoms with van der Waals surface area (Å²) in [6, 6.07) is 12.8. The van der Waals surface area contributed by atoms with E-state index < -0.39 is 12.1 Å². The Kier molecular flexibility index (Phi) is 7.30. The predicted octanol–water partition coefficient (Wildman–Crippen LogP) is 3.27. The molecule has 7 heteroatoms.